The maximum Gasteiger partial charge on any atom is 0.253 e. The predicted molar refractivity (Wildman–Crippen MR) is 106 cm³/mol. The Kier molecular flexibility index (Phi) is 5.69. The first-order valence-corrected chi connectivity index (χ1v) is 10.5. The molecular weight excluding hydrogens is 363 g/mol. The van der Waals surface area contributed by atoms with Crippen LogP contribution in [0.5, 0.6) is 0 Å². The second-order valence-corrected chi connectivity index (χ2v) is 8.08. The SMILES string of the molecule is O=C(c1ccc(F)cc1)N1CCN(c2nc(CN3CCCCC3)cs2)CC1. The van der Waals surface area contributed by atoms with Gasteiger partial charge in [0, 0.05) is 43.7 Å². The summed E-state index contributed by atoms with van der Waals surface area (Å²) in [5.74, 6) is -0.347. The van der Waals surface area contributed by atoms with Crippen molar-refractivity contribution in [2.75, 3.05) is 44.2 Å². The van der Waals surface area contributed by atoms with Gasteiger partial charge < -0.3 is 9.80 Å². The highest BCUT2D eigenvalue weighted by molar-refractivity contribution is 7.13. The van der Waals surface area contributed by atoms with Gasteiger partial charge in [-0.2, -0.15) is 0 Å². The Morgan fingerprint density at radius 1 is 1.00 bits per heavy atom. The third-order valence-corrected chi connectivity index (χ3v) is 6.25. The van der Waals surface area contributed by atoms with Gasteiger partial charge in [0.15, 0.2) is 5.13 Å². The zero-order valence-corrected chi connectivity index (χ0v) is 16.3. The number of piperazine rings is 1. The smallest absolute Gasteiger partial charge is 0.253 e. The normalized spacial score (nSPS) is 18.7. The molecule has 2 saturated heterocycles. The van der Waals surface area contributed by atoms with E-state index in [1.807, 2.05) is 4.90 Å². The number of nitrogens with zero attached hydrogens (tertiary/aromatic N) is 4. The van der Waals surface area contributed by atoms with E-state index < -0.39 is 0 Å². The van der Waals surface area contributed by atoms with E-state index in [0.29, 0.717) is 18.7 Å². The van der Waals surface area contributed by atoms with Crippen molar-refractivity contribution in [3.05, 3.63) is 46.7 Å². The summed E-state index contributed by atoms with van der Waals surface area (Å²) in [4.78, 5) is 24.0. The Balaban J connectivity index is 1.31. The third-order valence-electron chi connectivity index (χ3n) is 5.30. The molecule has 0 spiro atoms. The molecule has 5 nitrogen and oxygen atoms in total. The van der Waals surface area contributed by atoms with E-state index >= 15 is 0 Å². The topological polar surface area (TPSA) is 39.7 Å². The summed E-state index contributed by atoms with van der Waals surface area (Å²) < 4.78 is 13.0. The van der Waals surface area contributed by atoms with Gasteiger partial charge in [-0.1, -0.05) is 6.42 Å². The van der Waals surface area contributed by atoms with Crippen LogP contribution in [-0.4, -0.2) is 60.0 Å². The number of amides is 1. The lowest BCUT2D eigenvalue weighted by Gasteiger charge is -2.34. The Labute approximate surface area is 163 Å². The van der Waals surface area contributed by atoms with Crippen LogP contribution in [0.3, 0.4) is 0 Å². The molecule has 27 heavy (non-hydrogen) atoms. The molecule has 2 aliphatic heterocycles. The van der Waals surface area contributed by atoms with Crippen molar-refractivity contribution in [1.29, 1.82) is 0 Å². The van der Waals surface area contributed by atoms with Gasteiger partial charge in [0.25, 0.3) is 5.91 Å². The van der Waals surface area contributed by atoms with Crippen molar-refractivity contribution >= 4 is 22.4 Å². The number of halogens is 1. The number of aromatic nitrogens is 1. The van der Waals surface area contributed by atoms with E-state index in [1.54, 1.807) is 23.5 Å². The lowest BCUT2D eigenvalue weighted by atomic mass is 10.1. The zero-order chi connectivity index (χ0) is 18.6. The molecule has 0 bridgehead atoms. The van der Waals surface area contributed by atoms with Crippen LogP contribution < -0.4 is 4.90 Å². The van der Waals surface area contributed by atoms with Crippen LogP contribution in [0.2, 0.25) is 0 Å². The second-order valence-electron chi connectivity index (χ2n) is 7.24. The molecule has 2 aliphatic rings. The maximum atomic E-state index is 13.0. The summed E-state index contributed by atoms with van der Waals surface area (Å²) in [5.41, 5.74) is 1.70. The van der Waals surface area contributed by atoms with Crippen LogP contribution in [0.1, 0.15) is 35.3 Å². The molecule has 0 saturated carbocycles. The molecule has 4 rings (SSSR count). The molecule has 1 aromatic carbocycles. The zero-order valence-electron chi connectivity index (χ0n) is 15.4. The van der Waals surface area contributed by atoms with Crippen LogP contribution in [0, 0.1) is 5.82 Å². The fourth-order valence-electron chi connectivity index (χ4n) is 3.74. The van der Waals surface area contributed by atoms with Crippen LogP contribution in [0.4, 0.5) is 9.52 Å². The first kappa shape index (κ1) is 18.4. The van der Waals surface area contributed by atoms with Crippen molar-refractivity contribution in [2.45, 2.75) is 25.8 Å². The number of benzene rings is 1. The minimum Gasteiger partial charge on any atom is -0.345 e. The van der Waals surface area contributed by atoms with Crippen molar-refractivity contribution in [2.24, 2.45) is 0 Å². The Hall–Kier alpha value is -1.99. The predicted octanol–water partition coefficient (Wildman–Crippen LogP) is 3.23. The average molecular weight is 389 g/mol. The van der Waals surface area contributed by atoms with E-state index in [0.717, 1.165) is 30.5 Å². The highest BCUT2D eigenvalue weighted by Gasteiger charge is 2.24. The summed E-state index contributed by atoms with van der Waals surface area (Å²) in [5, 5.41) is 3.22. The summed E-state index contributed by atoms with van der Waals surface area (Å²) in [6.45, 7) is 6.19. The molecule has 0 radical (unpaired) electrons. The summed E-state index contributed by atoms with van der Waals surface area (Å²) in [7, 11) is 0. The molecule has 3 heterocycles. The van der Waals surface area contributed by atoms with E-state index in [-0.39, 0.29) is 11.7 Å². The van der Waals surface area contributed by atoms with Crippen LogP contribution in [0.25, 0.3) is 0 Å². The lowest BCUT2D eigenvalue weighted by molar-refractivity contribution is 0.0746. The Morgan fingerprint density at radius 3 is 2.41 bits per heavy atom. The Morgan fingerprint density at radius 2 is 1.70 bits per heavy atom. The first-order valence-electron chi connectivity index (χ1n) is 9.65. The lowest BCUT2D eigenvalue weighted by Crippen LogP contribution is -2.48. The van der Waals surface area contributed by atoms with E-state index in [2.05, 4.69) is 15.2 Å². The maximum absolute atomic E-state index is 13.0. The van der Waals surface area contributed by atoms with Gasteiger partial charge in [-0.05, 0) is 50.2 Å². The highest BCUT2D eigenvalue weighted by Crippen LogP contribution is 2.24. The second kappa shape index (κ2) is 8.35. The van der Waals surface area contributed by atoms with Crippen molar-refractivity contribution in [3.63, 3.8) is 0 Å². The van der Waals surface area contributed by atoms with E-state index in [4.69, 9.17) is 4.98 Å². The molecule has 0 N–H and O–H groups in total. The molecular formula is C20H25FN4OS. The van der Waals surface area contributed by atoms with Gasteiger partial charge in [-0.3, -0.25) is 9.69 Å². The fraction of sp³-hybridized carbons (Fsp3) is 0.500. The van der Waals surface area contributed by atoms with E-state index in [1.165, 1.54) is 44.5 Å². The van der Waals surface area contributed by atoms with Gasteiger partial charge in [-0.15, -0.1) is 11.3 Å². The van der Waals surface area contributed by atoms with Crippen LogP contribution in [0.15, 0.2) is 29.6 Å². The minimum absolute atomic E-state index is 0.0282. The number of likely N-dealkylation sites (tertiary alicyclic amines) is 1. The van der Waals surface area contributed by atoms with Crippen molar-refractivity contribution in [3.8, 4) is 0 Å². The summed E-state index contributed by atoms with van der Waals surface area (Å²) in [6, 6.07) is 5.78. The summed E-state index contributed by atoms with van der Waals surface area (Å²) in [6.07, 6.45) is 3.93. The van der Waals surface area contributed by atoms with Gasteiger partial charge in [0.05, 0.1) is 5.69 Å². The van der Waals surface area contributed by atoms with Crippen LogP contribution >= 0.6 is 11.3 Å². The number of carbonyl (C=O) groups excluding carboxylic acids is 1. The number of rotatable bonds is 4. The molecule has 2 fully saturated rings. The number of carbonyl (C=O) groups is 1. The molecule has 1 amide bonds. The van der Waals surface area contributed by atoms with Crippen molar-refractivity contribution in [1.82, 2.24) is 14.8 Å². The fourth-order valence-corrected chi connectivity index (χ4v) is 4.61. The molecule has 2 aromatic rings. The number of anilines is 1. The standard InChI is InChI=1S/C20H25FN4OS/c21-17-6-4-16(5-7-17)19(26)24-10-12-25(13-11-24)20-22-18(15-27-20)14-23-8-2-1-3-9-23/h4-7,15H,1-3,8-14H2. The quantitative estimate of drug-likeness (QED) is 0.806. The third kappa shape index (κ3) is 4.47. The number of hydrogen-bond acceptors (Lipinski definition) is 5. The van der Waals surface area contributed by atoms with Gasteiger partial charge in [-0.25, -0.2) is 9.37 Å². The van der Waals surface area contributed by atoms with Gasteiger partial charge in [0.1, 0.15) is 5.82 Å². The van der Waals surface area contributed by atoms with Crippen LogP contribution in [-0.2, 0) is 6.54 Å². The molecule has 144 valence electrons. The number of piperidine rings is 1. The molecule has 7 heteroatoms. The van der Waals surface area contributed by atoms with Gasteiger partial charge in [0.2, 0.25) is 0 Å². The number of thiazole rings is 1. The average Bonchev–Trinajstić information content (AvgIpc) is 3.17. The Bertz CT molecular complexity index is 765. The van der Waals surface area contributed by atoms with Gasteiger partial charge >= 0.3 is 0 Å². The number of hydrogen-bond donors (Lipinski definition) is 0. The van der Waals surface area contributed by atoms with E-state index in [9.17, 15) is 9.18 Å². The van der Waals surface area contributed by atoms with Crippen molar-refractivity contribution < 1.29 is 9.18 Å². The first-order chi connectivity index (χ1) is 13.2. The largest absolute Gasteiger partial charge is 0.345 e. The minimum atomic E-state index is -0.319. The molecule has 0 atom stereocenters. The monoisotopic (exact) mass is 388 g/mol. The molecule has 1 aromatic heterocycles. The highest BCUT2D eigenvalue weighted by atomic mass is 32.1. The molecule has 0 aliphatic carbocycles. The summed E-state index contributed by atoms with van der Waals surface area (Å²) >= 11 is 1.70. The molecule has 0 unspecified atom stereocenters.